The van der Waals surface area contributed by atoms with E-state index in [9.17, 15) is 8.78 Å². The minimum absolute atomic E-state index is 0.0770. The molecule has 1 aromatic carbocycles. The third-order valence-electron chi connectivity index (χ3n) is 3.64. The Morgan fingerprint density at radius 2 is 1.53 bits per heavy atom. The maximum absolute atomic E-state index is 13.9. The Kier molecular flexibility index (Phi) is 5.92. The summed E-state index contributed by atoms with van der Waals surface area (Å²) in [4.78, 5) is 0. The molecule has 0 saturated carbocycles. The lowest BCUT2D eigenvalue weighted by molar-refractivity contribution is -0.00481. The number of benzene rings is 1. The molecule has 19 heavy (non-hydrogen) atoms. The molecule has 0 spiro atoms. The number of rotatable bonds is 7. The first-order chi connectivity index (χ1) is 8.84. The van der Waals surface area contributed by atoms with Crippen molar-refractivity contribution in [3.8, 4) is 0 Å². The van der Waals surface area contributed by atoms with Crippen LogP contribution in [-0.4, -0.2) is 13.1 Å². The zero-order valence-electron chi connectivity index (χ0n) is 12.3. The first-order valence-corrected chi connectivity index (χ1v) is 6.98. The molecule has 0 saturated heterocycles. The SMILES string of the molecule is CC(C)C(CNCC(F)(F)c1ccccc1)C(C)C. The molecule has 0 heterocycles. The molecule has 1 rings (SSSR count). The van der Waals surface area contributed by atoms with Crippen LogP contribution in [0.4, 0.5) is 8.78 Å². The van der Waals surface area contributed by atoms with E-state index in [1.54, 1.807) is 18.2 Å². The molecule has 1 N–H and O–H groups in total. The minimum atomic E-state index is -2.81. The highest BCUT2D eigenvalue weighted by molar-refractivity contribution is 5.20. The van der Waals surface area contributed by atoms with E-state index in [0.29, 0.717) is 24.3 Å². The van der Waals surface area contributed by atoms with Gasteiger partial charge < -0.3 is 5.32 Å². The zero-order valence-corrected chi connectivity index (χ0v) is 12.3. The van der Waals surface area contributed by atoms with Crippen LogP contribution in [0.15, 0.2) is 30.3 Å². The summed E-state index contributed by atoms with van der Waals surface area (Å²) >= 11 is 0. The number of hydrogen-bond donors (Lipinski definition) is 1. The van der Waals surface area contributed by atoms with Crippen LogP contribution < -0.4 is 5.32 Å². The standard InChI is InChI=1S/C16H25F2N/c1-12(2)15(13(3)4)10-19-11-16(17,18)14-8-6-5-7-9-14/h5-9,12-13,15,19H,10-11H2,1-4H3. The van der Waals surface area contributed by atoms with E-state index in [4.69, 9.17) is 0 Å². The van der Waals surface area contributed by atoms with Gasteiger partial charge in [0, 0.05) is 5.56 Å². The molecule has 0 aromatic heterocycles. The lowest BCUT2D eigenvalue weighted by Gasteiger charge is -2.26. The van der Waals surface area contributed by atoms with Crippen LogP contribution in [0.3, 0.4) is 0 Å². The van der Waals surface area contributed by atoms with Crippen LogP contribution >= 0.6 is 0 Å². The summed E-state index contributed by atoms with van der Waals surface area (Å²) in [6.45, 7) is 8.90. The van der Waals surface area contributed by atoms with Gasteiger partial charge in [-0.1, -0.05) is 58.0 Å². The lowest BCUT2D eigenvalue weighted by atomic mass is 9.85. The first-order valence-electron chi connectivity index (χ1n) is 6.98. The van der Waals surface area contributed by atoms with Gasteiger partial charge in [-0.2, -0.15) is 8.78 Å². The predicted octanol–water partition coefficient (Wildman–Crippen LogP) is 4.30. The van der Waals surface area contributed by atoms with E-state index in [0.717, 1.165) is 0 Å². The summed E-state index contributed by atoms with van der Waals surface area (Å²) in [5.41, 5.74) is 0.0770. The Morgan fingerprint density at radius 1 is 1.00 bits per heavy atom. The van der Waals surface area contributed by atoms with Crippen LogP contribution in [0.25, 0.3) is 0 Å². The van der Waals surface area contributed by atoms with Gasteiger partial charge in [0.25, 0.3) is 5.92 Å². The van der Waals surface area contributed by atoms with Gasteiger partial charge in [0.05, 0.1) is 6.54 Å². The summed E-state index contributed by atoms with van der Waals surface area (Å²) in [7, 11) is 0. The van der Waals surface area contributed by atoms with Crippen molar-refractivity contribution in [2.75, 3.05) is 13.1 Å². The Labute approximate surface area is 115 Å². The van der Waals surface area contributed by atoms with Crippen LogP contribution in [0, 0.1) is 17.8 Å². The Hall–Kier alpha value is -0.960. The normalized spacial score (nSPS) is 12.7. The van der Waals surface area contributed by atoms with Crippen LogP contribution in [0.2, 0.25) is 0 Å². The second kappa shape index (κ2) is 6.99. The maximum Gasteiger partial charge on any atom is 0.285 e. The van der Waals surface area contributed by atoms with E-state index in [-0.39, 0.29) is 12.1 Å². The monoisotopic (exact) mass is 269 g/mol. The molecule has 0 amide bonds. The Morgan fingerprint density at radius 3 is 2.00 bits per heavy atom. The summed E-state index contributed by atoms with van der Waals surface area (Å²) in [5.74, 6) is -1.39. The molecule has 0 atom stereocenters. The summed E-state index contributed by atoms with van der Waals surface area (Å²) in [6, 6.07) is 8.00. The van der Waals surface area contributed by atoms with Gasteiger partial charge in [0.1, 0.15) is 0 Å². The Bertz CT molecular complexity index is 352. The van der Waals surface area contributed by atoms with Gasteiger partial charge in [-0.25, -0.2) is 0 Å². The summed E-state index contributed by atoms with van der Waals surface area (Å²) in [6.07, 6.45) is 0. The molecule has 0 bridgehead atoms. The topological polar surface area (TPSA) is 12.0 Å². The van der Waals surface area contributed by atoms with Crippen molar-refractivity contribution in [2.24, 2.45) is 17.8 Å². The van der Waals surface area contributed by atoms with Gasteiger partial charge in [0.15, 0.2) is 0 Å². The molecule has 0 aliphatic carbocycles. The van der Waals surface area contributed by atoms with Gasteiger partial charge >= 0.3 is 0 Å². The maximum atomic E-state index is 13.9. The molecule has 108 valence electrons. The molecular weight excluding hydrogens is 244 g/mol. The summed E-state index contributed by atoms with van der Waals surface area (Å²) < 4.78 is 27.9. The quantitative estimate of drug-likeness (QED) is 0.778. The van der Waals surface area contributed by atoms with E-state index in [2.05, 4.69) is 33.0 Å². The highest BCUT2D eigenvalue weighted by Crippen LogP contribution is 2.27. The smallest absolute Gasteiger partial charge is 0.285 e. The fourth-order valence-electron chi connectivity index (χ4n) is 2.42. The van der Waals surface area contributed by atoms with Crippen molar-refractivity contribution in [2.45, 2.75) is 33.6 Å². The number of hydrogen-bond acceptors (Lipinski definition) is 1. The first kappa shape index (κ1) is 16.1. The molecular formula is C16H25F2N. The van der Waals surface area contributed by atoms with Crippen molar-refractivity contribution < 1.29 is 8.78 Å². The molecule has 0 aliphatic rings. The van der Waals surface area contributed by atoms with Crippen molar-refractivity contribution in [1.29, 1.82) is 0 Å². The van der Waals surface area contributed by atoms with Crippen molar-refractivity contribution in [3.05, 3.63) is 35.9 Å². The predicted molar refractivity (Wildman–Crippen MR) is 76.4 cm³/mol. The minimum Gasteiger partial charge on any atom is -0.311 e. The van der Waals surface area contributed by atoms with E-state index in [1.165, 1.54) is 12.1 Å². The average Bonchev–Trinajstić information content (AvgIpc) is 2.34. The molecule has 0 unspecified atom stereocenters. The fraction of sp³-hybridized carbons (Fsp3) is 0.625. The average molecular weight is 269 g/mol. The molecule has 1 nitrogen and oxygen atoms in total. The molecule has 0 radical (unpaired) electrons. The zero-order chi connectivity index (χ0) is 14.5. The van der Waals surface area contributed by atoms with Gasteiger partial charge in [-0.05, 0) is 24.3 Å². The lowest BCUT2D eigenvalue weighted by Crippen LogP contribution is -2.36. The second-order valence-corrected chi connectivity index (χ2v) is 5.85. The molecule has 1 aromatic rings. The summed E-state index contributed by atoms with van der Waals surface area (Å²) in [5, 5.41) is 2.94. The molecule has 3 heteroatoms. The third-order valence-corrected chi connectivity index (χ3v) is 3.64. The van der Waals surface area contributed by atoms with E-state index < -0.39 is 5.92 Å². The number of halogens is 2. The van der Waals surface area contributed by atoms with Crippen LogP contribution in [-0.2, 0) is 5.92 Å². The number of nitrogens with one attached hydrogen (secondary N) is 1. The highest BCUT2D eigenvalue weighted by Gasteiger charge is 2.31. The van der Waals surface area contributed by atoms with Gasteiger partial charge in [-0.3, -0.25) is 0 Å². The molecule has 0 fully saturated rings. The van der Waals surface area contributed by atoms with Crippen molar-refractivity contribution >= 4 is 0 Å². The number of alkyl halides is 2. The van der Waals surface area contributed by atoms with Crippen molar-refractivity contribution in [3.63, 3.8) is 0 Å². The largest absolute Gasteiger partial charge is 0.311 e. The van der Waals surface area contributed by atoms with E-state index >= 15 is 0 Å². The van der Waals surface area contributed by atoms with Crippen molar-refractivity contribution in [1.82, 2.24) is 5.32 Å². The Balaban J connectivity index is 2.52. The third kappa shape index (κ3) is 4.90. The van der Waals surface area contributed by atoms with Gasteiger partial charge in [-0.15, -0.1) is 0 Å². The van der Waals surface area contributed by atoms with Crippen LogP contribution in [0.1, 0.15) is 33.3 Å². The van der Waals surface area contributed by atoms with Gasteiger partial charge in [0.2, 0.25) is 0 Å². The second-order valence-electron chi connectivity index (χ2n) is 5.85. The molecule has 0 aliphatic heterocycles. The van der Waals surface area contributed by atoms with E-state index in [1.807, 2.05) is 0 Å². The van der Waals surface area contributed by atoms with Crippen LogP contribution in [0.5, 0.6) is 0 Å². The fourth-order valence-corrected chi connectivity index (χ4v) is 2.42. The highest BCUT2D eigenvalue weighted by atomic mass is 19.3.